The molecule has 0 bridgehead atoms. The van der Waals surface area contributed by atoms with Gasteiger partial charge in [-0.2, -0.15) is 11.8 Å². The molecular formula is C38H55N3O9S. The number of thioether (sulfide) groups is 1. The van der Waals surface area contributed by atoms with Crippen molar-refractivity contribution in [3.8, 4) is 11.5 Å². The van der Waals surface area contributed by atoms with E-state index in [1.165, 1.54) is 30.4 Å². The highest BCUT2D eigenvalue weighted by Gasteiger charge is 2.42. The number of nitrogens with zero attached hydrogens (tertiary/aromatic N) is 1. The Hall–Kier alpha value is -4.00. The molecule has 0 spiro atoms. The van der Waals surface area contributed by atoms with E-state index in [0.29, 0.717) is 18.1 Å². The summed E-state index contributed by atoms with van der Waals surface area (Å²) in [5.41, 5.74) is 3.80. The Labute approximate surface area is 306 Å². The van der Waals surface area contributed by atoms with Crippen LogP contribution in [0.1, 0.15) is 110 Å². The first-order valence-electron chi connectivity index (χ1n) is 17.8. The van der Waals surface area contributed by atoms with Gasteiger partial charge in [0.25, 0.3) is 5.69 Å². The van der Waals surface area contributed by atoms with Gasteiger partial charge in [-0.25, -0.2) is 4.79 Å². The number of benzene rings is 1. The zero-order valence-electron chi connectivity index (χ0n) is 30.9. The van der Waals surface area contributed by atoms with Gasteiger partial charge >= 0.3 is 18.0 Å². The summed E-state index contributed by atoms with van der Waals surface area (Å²) < 4.78 is 22.1. The van der Waals surface area contributed by atoms with E-state index >= 15 is 0 Å². The van der Waals surface area contributed by atoms with Gasteiger partial charge in [-0.15, -0.1) is 0 Å². The molecule has 282 valence electrons. The van der Waals surface area contributed by atoms with Gasteiger partial charge in [-0.05, 0) is 91.7 Å². The van der Waals surface area contributed by atoms with Gasteiger partial charge in [0.15, 0.2) is 11.5 Å². The molecule has 51 heavy (non-hydrogen) atoms. The number of nitro benzene ring substituents is 1. The maximum atomic E-state index is 12.6. The number of nitrogens with one attached hydrogen (secondary N) is 2. The van der Waals surface area contributed by atoms with E-state index < -0.39 is 17.0 Å². The summed E-state index contributed by atoms with van der Waals surface area (Å²) in [5.74, 6) is 0.478. The second kappa shape index (κ2) is 21.4. The third-order valence-corrected chi connectivity index (χ3v) is 10.4. The molecule has 2 amide bonds. The van der Waals surface area contributed by atoms with Crippen LogP contribution in [0.4, 0.5) is 10.5 Å². The molecule has 1 aromatic rings. The summed E-state index contributed by atoms with van der Waals surface area (Å²) in [5, 5.41) is 18.2. The molecule has 12 nitrogen and oxygen atoms in total. The minimum absolute atomic E-state index is 0.115. The van der Waals surface area contributed by atoms with Crippen molar-refractivity contribution in [1.29, 1.82) is 0 Å². The Bertz CT molecular complexity index is 1450. The van der Waals surface area contributed by atoms with Crippen LogP contribution < -0.4 is 20.1 Å². The highest BCUT2D eigenvalue weighted by Crippen LogP contribution is 2.39. The highest BCUT2D eigenvalue weighted by atomic mass is 32.2. The number of urea groups is 1. The number of unbranched alkanes of at least 4 members (excludes halogenated alkanes) is 1. The van der Waals surface area contributed by atoms with Crippen molar-refractivity contribution in [2.45, 2.75) is 122 Å². The van der Waals surface area contributed by atoms with E-state index in [1.807, 2.05) is 24.8 Å². The SMILES string of the molecule is COc1cc(C(C)OC(=O)CCCC[C@@H]2SC[C@@H]3NC(=O)N[C@@H]32)c([N+](=O)[O-])cc1OCCCC(=O)OC/C=C(\C)CC/C=C(\C)CCC=C(C)C. The minimum atomic E-state index is -0.891. The van der Waals surface area contributed by atoms with E-state index in [9.17, 15) is 24.5 Å². The van der Waals surface area contributed by atoms with Gasteiger partial charge in [-0.1, -0.05) is 35.3 Å². The van der Waals surface area contributed by atoms with Crippen molar-refractivity contribution in [3.05, 3.63) is 62.8 Å². The molecule has 1 unspecified atom stereocenters. The van der Waals surface area contributed by atoms with Gasteiger partial charge < -0.3 is 29.6 Å². The van der Waals surface area contributed by atoms with Crippen LogP contribution in [-0.4, -0.2) is 66.3 Å². The van der Waals surface area contributed by atoms with Crippen molar-refractivity contribution < 1.29 is 38.3 Å². The number of hydrogen-bond acceptors (Lipinski definition) is 10. The second-order valence-electron chi connectivity index (χ2n) is 13.4. The summed E-state index contributed by atoms with van der Waals surface area (Å²) in [7, 11) is 1.42. The molecule has 4 atom stereocenters. The molecule has 2 heterocycles. The van der Waals surface area contributed by atoms with Crippen molar-refractivity contribution >= 4 is 35.4 Å². The fourth-order valence-corrected chi connectivity index (χ4v) is 7.53. The number of fused-ring (bicyclic) bond motifs is 1. The lowest BCUT2D eigenvalue weighted by Crippen LogP contribution is -2.36. The third kappa shape index (κ3) is 14.3. The largest absolute Gasteiger partial charge is 0.493 e. The van der Waals surface area contributed by atoms with Crippen molar-refractivity contribution in [2.24, 2.45) is 0 Å². The zero-order chi connectivity index (χ0) is 37.3. The molecule has 0 radical (unpaired) electrons. The average Bonchev–Trinajstić information content (AvgIpc) is 3.63. The minimum Gasteiger partial charge on any atom is -0.493 e. The lowest BCUT2D eigenvalue weighted by Gasteiger charge is -2.18. The van der Waals surface area contributed by atoms with E-state index in [2.05, 4.69) is 43.6 Å². The highest BCUT2D eigenvalue weighted by molar-refractivity contribution is 8.00. The summed E-state index contributed by atoms with van der Waals surface area (Å²) in [6.07, 6.45) is 12.4. The normalized spacial score (nSPS) is 19.0. The van der Waals surface area contributed by atoms with Crippen LogP contribution in [0.15, 0.2) is 47.1 Å². The standard InChI is InChI=1S/C38H55N3O9S/c1-25(2)12-9-13-26(3)14-10-15-27(4)19-21-49-35(42)18-11-20-48-33-23-31(41(45)46)29(22-32(33)47-6)28(5)50-36(43)17-8-7-16-34-37-30(24-51-34)39-38(44)40-37/h12,14,19,22-23,28,30,34,37H,7-11,13,15-18,20-21,24H2,1-6H3,(H2,39,40,44)/b26-14+,27-19+/t28?,30-,34-,37-/m0/s1. The van der Waals surface area contributed by atoms with E-state index in [4.69, 9.17) is 18.9 Å². The predicted molar refractivity (Wildman–Crippen MR) is 199 cm³/mol. The van der Waals surface area contributed by atoms with Crippen LogP contribution >= 0.6 is 11.8 Å². The average molecular weight is 730 g/mol. The van der Waals surface area contributed by atoms with Gasteiger partial charge in [-0.3, -0.25) is 19.7 Å². The number of carbonyl (C=O) groups is 3. The molecule has 2 saturated heterocycles. The van der Waals surface area contributed by atoms with E-state index in [0.717, 1.165) is 49.9 Å². The number of ether oxygens (including phenoxy) is 4. The van der Waals surface area contributed by atoms with Crippen LogP contribution in [0.25, 0.3) is 0 Å². The van der Waals surface area contributed by atoms with Gasteiger partial charge in [0, 0.05) is 23.8 Å². The summed E-state index contributed by atoms with van der Waals surface area (Å²) >= 11 is 1.82. The Kier molecular flexibility index (Phi) is 17.4. The van der Waals surface area contributed by atoms with Gasteiger partial charge in [0.1, 0.15) is 12.7 Å². The van der Waals surface area contributed by atoms with Crippen LogP contribution in [-0.2, 0) is 19.1 Å². The number of methoxy groups -OCH3 is 1. The summed E-state index contributed by atoms with van der Waals surface area (Å²) in [4.78, 5) is 47.9. The van der Waals surface area contributed by atoms with Crippen molar-refractivity contribution in [1.82, 2.24) is 10.6 Å². The molecule has 2 fully saturated rings. The summed E-state index contributed by atoms with van der Waals surface area (Å²) in [6, 6.07) is 2.86. The first-order valence-corrected chi connectivity index (χ1v) is 18.9. The quantitative estimate of drug-likeness (QED) is 0.0299. The second-order valence-corrected chi connectivity index (χ2v) is 14.7. The Morgan fingerprint density at radius 2 is 1.67 bits per heavy atom. The number of hydrogen-bond donors (Lipinski definition) is 2. The molecule has 1 aromatic carbocycles. The maximum absolute atomic E-state index is 12.6. The van der Waals surface area contributed by atoms with E-state index in [-0.39, 0.29) is 72.9 Å². The van der Waals surface area contributed by atoms with Crippen molar-refractivity contribution in [3.63, 3.8) is 0 Å². The number of carbonyl (C=O) groups excluding carboxylic acids is 3. The van der Waals surface area contributed by atoms with Crippen LogP contribution in [0.5, 0.6) is 11.5 Å². The lowest BCUT2D eigenvalue weighted by atomic mass is 10.0. The molecule has 0 aromatic heterocycles. The number of rotatable bonds is 22. The zero-order valence-corrected chi connectivity index (χ0v) is 31.7. The molecule has 2 N–H and O–H groups in total. The fourth-order valence-electron chi connectivity index (χ4n) is 5.98. The van der Waals surface area contributed by atoms with Crippen LogP contribution in [0.2, 0.25) is 0 Å². The number of nitro groups is 1. The van der Waals surface area contributed by atoms with Gasteiger partial charge in [0.05, 0.1) is 42.4 Å². The topological polar surface area (TPSA) is 155 Å². The van der Waals surface area contributed by atoms with Crippen LogP contribution in [0, 0.1) is 10.1 Å². The van der Waals surface area contributed by atoms with Gasteiger partial charge in [0.2, 0.25) is 0 Å². The molecular weight excluding hydrogens is 674 g/mol. The lowest BCUT2D eigenvalue weighted by molar-refractivity contribution is -0.386. The Morgan fingerprint density at radius 3 is 2.37 bits per heavy atom. The monoisotopic (exact) mass is 729 g/mol. The van der Waals surface area contributed by atoms with Crippen LogP contribution in [0.3, 0.4) is 0 Å². The number of amides is 2. The molecule has 0 saturated carbocycles. The number of allylic oxidation sites excluding steroid dienone is 5. The summed E-state index contributed by atoms with van der Waals surface area (Å²) in [6.45, 7) is 10.3. The molecule has 3 rings (SSSR count). The molecule has 2 aliphatic rings. The predicted octanol–water partition coefficient (Wildman–Crippen LogP) is 8.05. The number of esters is 2. The molecule has 2 aliphatic heterocycles. The molecule has 0 aliphatic carbocycles. The fraction of sp³-hybridized carbons (Fsp3) is 0.605. The molecule has 13 heteroatoms. The Morgan fingerprint density at radius 1 is 0.961 bits per heavy atom. The Balaban J connectivity index is 1.39. The first kappa shape index (κ1) is 41.4. The van der Waals surface area contributed by atoms with E-state index in [1.54, 1.807) is 6.92 Å². The smallest absolute Gasteiger partial charge is 0.315 e. The van der Waals surface area contributed by atoms with Crippen molar-refractivity contribution in [2.75, 3.05) is 26.1 Å². The maximum Gasteiger partial charge on any atom is 0.315 e. The third-order valence-electron chi connectivity index (χ3n) is 8.90. The first-order chi connectivity index (χ1) is 24.4.